The first-order chi connectivity index (χ1) is 17.4. The van der Waals surface area contributed by atoms with Gasteiger partial charge in [0.05, 0.1) is 0 Å². The van der Waals surface area contributed by atoms with Crippen LogP contribution in [0.1, 0.15) is 42.6 Å². The number of carbonyl (C=O) groups is 3. The lowest BCUT2D eigenvalue weighted by Gasteiger charge is -2.29. The molecule has 194 valence electrons. The number of halogens is 3. The molecule has 3 N–H and O–H groups in total. The molecule has 0 bridgehead atoms. The molecule has 3 aromatic rings. The van der Waals surface area contributed by atoms with Crippen molar-refractivity contribution in [3.05, 3.63) is 94.5 Å². The number of amides is 2. The Hall–Kier alpha value is -3.78. The second-order valence-corrected chi connectivity index (χ2v) is 9.77. The third-order valence-corrected chi connectivity index (χ3v) is 5.93. The van der Waals surface area contributed by atoms with E-state index in [4.69, 9.17) is 16.7 Å². The van der Waals surface area contributed by atoms with Crippen molar-refractivity contribution >= 4 is 29.4 Å². The number of aliphatic carboxylic acids is 1. The summed E-state index contributed by atoms with van der Waals surface area (Å²) < 4.78 is 27.6. The fourth-order valence-electron chi connectivity index (χ4n) is 3.88. The number of benzene rings is 3. The molecule has 0 aliphatic heterocycles. The Labute approximate surface area is 218 Å². The molecule has 6 nitrogen and oxygen atoms in total. The summed E-state index contributed by atoms with van der Waals surface area (Å²) in [7, 11) is 0. The first-order valence-corrected chi connectivity index (χ1v) is 12.0. The lowest BCUT2D eigenvalue weighted by molar-refractivity contribution is -0.137. The van der Waals surface area contributed by atoms with Crippen molar-refractivity contribution in [2.24, 2.45) is 0 Å². The summed E-state index contributed by atoms with van der Waals surface area (Å²) in [5, 5.41) is 15.2. The minimum atomic E-state index is -1.10. The van der Waals surface area contributed by atoms with E-state index < -0.39 is 41.0 Å². The van der Waals surface area contributed by atoms with Gasteiger partial charge in [0.2, 0.25) is 5.91 Å². The van der Waals surface area contributed by atoms with Crippen molar-refractivity contribution in [3.8, 4) is 11.1 Å². The summed E-state index contributed by atoms with van der Waals surface area (Å²) in [5.41, 5.74) is 0.837. The van der Waals surface area contributed by atoms with Gasteiger partial charge in [-0.1, -0.05) is 35.9 Å². The van der Waals surface area contributed by atoms with Gasteiger partial charge in [0.15, 0.2) is 0 Å². The van der Waals surface area contributed by atoms with E-state index in [2.05, 4.69) is 10.6 Å². The van der Waals surface area contributed by atoms with Gasteiger partial charge in [-0.25, -0.2) is 8.78 Å². The van der Waals surface area contributed by atoms with E-state index in [9.17, 15) is 23.2 Å². The average Bonchev–Trinajstić information content (AvgIpc) is 2.84. The Balaban J connectivity index is 1.72. The van der Waals surface area contributed by atoms with Gasteiger partial charge in [0.1, 0.15) is 17.7 Å². The molecule has 37 heavy (non-hydrogen) atoms. The molecule has 0 saturated carbocycles. The van der Waals surface area contributed by atoms with Crippen molar-refractivity contribution in [2.75, 3.05) is 0 Å². The van der Waals surface area contributed by atoms with E-state index in [1.54, 1.807) is 12.1 Å². The normalized spacial score (nSPS) is 12.0. The molecule has 0 saturated heterocycles. The molecule has 0 unspecified atom stereocenters. The van der Waals surface area contributed by atoms with Crippen molar-refractivity contribution in [1.82, 2.24) is 10.6 Å². The Bertz CT molecular complexity index is 1280. The van der Waals surface area contributed by atoms with Crippen molar-refractivity contribution < 1.29 is 28.3 Å². The minimum Gasteiger partial charge on any atom is -0.481 e. The van der Waals surface area contributed by atoms with Crippen LogP contribution in [0.3, 0.4) is 0 Å². The predicted molar refractivity (Wildman–Crippen MR) is 137 cm³/mol. The zero-order chi connectivity index (χ0) is 27.2. The van der Waals surface area contributed by atoms with Gasteiger partial charge in [-0.3, -0.25) is 14.4 Å². The highest BCUT2D eigenvalue weighted by Gasteiger charge is 2.28. The van der Waals surface area contributed by atoms with Gasteiger partial charge in [-0.15, -0.1) is 0 Å². The molecule has 0 aliphatic carbocycles. The summed E-state index contributed by atoms with van der Waals surface area (Å²) in [4.78, 5) is 37.1. The standard InChI is InChI=1S/C28H27ClF2N2O4/c1-28(2,16-17-3-9-20(29)10-4-17)33-27(37)24(13-14-25(34)35)32-26(36)19-7-5-18(6-8-19)22-15-21(30)11-12-23(22)31/h3-12,15,24H,13-14,16H2,1-2H3,(H,32,36)(H,33,37)(H,34,35)/t24-/m0/s1. The third-order valence-electron chi connectivity index (χ3n) is 5.68. The second-order valence-electron chi connectivity index (χ2n) is 9.34. The number of hydrogen-bond acceptors (Lipinski definition) is 3. The summed E-state index contributed by atoms with van der Waals surface area (Å²) in [6.45, 7) is 3.64. The molecule has 0 aromatic heterocycles. The number of carboxylic acids is 1. The van der Waals surface area contributed by atoms with Gasteiger partial charge in [-0.05, 0) is 80.3 Å². The molecule has 0 radical (unpaired) electrons. The highest BCUT2D eigenvalue weighted by Crippen LogP contribution is 2.24. The fourth-order valence-corrected chi connectivity index (χ4v) is 4.00. The Morgan fingerprint density at radius 2 is 1.62 bits per heavy atom. The van der Waals surface area contributed by atoms with Gasteiger partial charge in [0.25, 0.3) is 5.91 Å². The van der Waals surface area contributed by atoms with Crippen molar-refractivity contribution in [2.45, 2.75) is 44.7 Å². The molecule has 9 heteroatoms. The first kappa shape index (κ1) is 27.8. The average molecular weight is 529 g/mol. The summed E-state index contributed by atoms with van der Waals surface area (Å²) >= 11 is 5.93. The van der Waals surface area contributed by atoms with Gasteiger partial charge >= 0.3 is 5.97 Å². The number of carboxylic acid groups (broad SMARTS) is 1. The van der Waals surface area contributed by atoms with Crippen LogP contribution in [-0.4, -0.2) is 34.5 Å². The topological polar surface area (TPSA) is 95.5 Å². The van der Waals surface area contributed by atoms with E-state index in [1.165, 1.54) is 24.3 Å². The van der Waals surface area contributed by atoms with Crippen LogP contribution in [0, 0.1) is 11.6 Å². The summed E-state index contributed by atoms with van der Waals surface area (Å²) in [6, 6.07) is 15.0. The smallest absolute Gasteiger partial charge is 0.303 e. The van der Waals surface area contributed by atoms with E-state index in [0.29, 0.717) is 17.0 Å². The van der Waals surface area contributed by atoms with E-state index in [-0.39, 0.29) is 24.0 Å². The minimum absolute atomic E-state index is 0.0496. The van der Waals surface area contributed by atoms with Crippen molar-refractivity contribution in [1.29, 1.82) is 0 Å². The lowest BCUT2D eigenvalue weighted by Crippen LogP contribution is -2.54. The maximum absolute atomic E-state index is 14.1. The summed E-state index contributed by atoms with van der Waals surface area (Å²) in [6.07, 6.45) is 0.0396. The van der Waals surface area contributed by atoms with Crippen LogP contribution in [0.4, 0.5) is 8.78 Å². The zero-order valence-electron chi connectivity index (χ0n) is 20.4. The van der Waals surface area contributed by atoms with E-state index >= 15 is 0 Å². The Morgan fingerprint density at radius 1 is 0.973 bits per heavy atom. The van der Waals surface area contributed by atoms with Crippen LogP contribution in [0.25, 0.3) is 11.1 Å². The quantitative estimate of drug-likeness (QED) is 0.329. The Kier molecular flexibility index (Phi) is 8.99. The van der Waals surface area contributed by atoms with Gasteiger partial charge < -0.3 is 15.7 Å². The molecule has 0 heterocycles. The van der Waals surface area contributed by atoms with Crippen LogP contribution in [0.5, 0.6) is 0 Å². The molecule has 3 aromatic carbocycles. The van der Waals surface area contributed by atoms with Crippen molar-refractivity contribution in [3.63, 3.8) is 0 Å². The molecular weight excluding hydrogens is 502 g/mol. The molecule has 1 atom stereocenters. The SMILES string of the molecule is CC(C)(Cc1ccc(Cl)cc1)NC(=O)[C@H](CCC(=O)O)NC(=O)c1ccc(-c2cc(F)ccc2F)cc1. The Morgan fingerprint density at radius 3 is 2.24 bits per heavy atom. The maximum Gasteiger partial charge on any atom is 0.303 e. The van der Waals surface area contributed by atoms with Crippen LogP contribution >= 0.6 is 11.6 Å². The van der Waals surface area contributed by atoms with E-state index in [0.717, 1.165) is 23.8 Å². The zero-order valence-corrected chi connectivity index (χ0v) is 21.1. The number of nitrogens with one attached hydrogen (secondary N) is 2. The van der Waals surface area contributed by atoms with Crippen LogP contribution in [-0.2, 0) is 16.0 Å². The first-order valence-electron chi connectivity index (χ1n) is 11.6. The van der Waals surface area contributed by atoms with Crippen LogP contribution in [0.15, 0.2) is 66.7 Å². The molecule has 0 spiro atoms. The lowest BCUT2D eigenvalue weighted by atomic mass is 9.94. The van der Waals surface area contributed by atoms with Gasteiger partial charge in [0, 0.05) is 28.1 Å². The molecule has 3 rings (SSSR count). The number of hydrogen-bond donors (Lipinski definition) is 3. The molecule has 0 aliphatic rings. The van der Waals surface area contributed by atoms with Crippen LogP contribution < -0.4 is 10.6 Å². The maximum atomic E-state index is 14.1. The third kappa shape index (κ3) is 8.11. The molecule has 2 amide bonds. The van der Waals surface area contributed by atoms with E-state index in [1.807, 2.05) is 26.0 Å². The van der Waals surface area contributed by atoms with Crippen LogP contribution in [0.2, 0.25) is 5.02 Å². The summed E-state index contributed by atoms with van der Waals surface area (Å²) in [5.74, 6) is -3.43. The number of rotatable bonds is 10. The highest BCUT2D eigenvalue weighted by molar-refractivity contribution is 6.30. The molecule has 0 fully saturated rings. The fraction of sp³-hybridized carbons (Fsp3) is 0.250. The predicted octanol–water partition coefficient (Wildman–Crippen LogP) is 5.39. The second kappa shape index (κ2) is 12.0. The molecular formula is C28H27ClF2N2O4. The largest absolute Gasteiger partial charge is 0.481 e. The van der Waals surface area contributed by atoms with Gasteiger partial charge in [-0.2, -0.15) is 0 Å². The highest BCUT2D eigenvalue weighted by atomic mass is 35.5. The monoisotopic (exact) mass is 528 g/mol. The number of carbonyl (C=O) groups excluding carboxylic acids is 2.